The van der Waals surface area contributed by atoms with E-state index in [2.05, 4.69) is 6.92 Å². The third-order valence-corrected chi connectivity index (χ3v) is 2.36. The molecule has 0 bridgehead atoms. The molecule has 1 aromatic rings. The van der Waals surface area contributed by atoms with Crippen LogP contribution in [0, 0.1) is 0 Å². The summed E-state index contributed by atoms with van der Waals surface area (Å²) in [6, 6.07) is 5.26. The zero-order valence-electron chi connectivity index (χ0n) is 10.6. The van der Waals surface area contributed by atoms with Gasteiger partial charge in [-0.05, 0) is 30.2 Å². The predicted octanol–water partition coefficient (Wildman–Crippen LogP) is 1.64. The number of aliphatic carboxylic acids is 1. The first-order valence-electron chi connectivity index (χ1n) is 5.87. The summed E-state index contributed by atoms with van der Waals surface area (Å²) in [6.45, 7) is 2.73. The van der Waals surface area contributed by atoms with Crippen LogP contribution in [-0.2, 0) is 4.79 Å². The minimum Gasteiger partial charge on any atom is -0.545 e. The molecule has 0 aromatic heterocycles. The largest absolute Gasteiger partial charge is 0.545 e. The van der Waals surface area contributed by atoms with Gasteiger partial charge in [-0.15, -0.1) is 0 Å². The molecule has 0 aliphatic carbocycles. The molecule has 0 aliphatic rings. The maximum atomic E-state index is 10.3. The minimum atomic E-state index is -1.22. The van der Waals surface area contributed by atoms with Gasteiger partial charge in [0.2, 0.25) is 0 Å². The lowest BCUT2D eigenvalue weighted by Crippen LogP contribution is -2.18. The highest BCUT2D eigenvalue weighted by atomic mass is 16.5. The molecule has 0 heterocycles. The summed E-state index contributed by atoms with van der Waals surface area (Å²) < 4.78 is 10.8. The predicted molar refractivity (Wildman–Crippen MR) is 67.4 cm³/mol. The number of ether oxygens (including phenoxy) is 2. The van der Waals surface area contributed by atoms with E-state index in [1.54, 1.807) is 25.3 Å². The molecule has 18 heavy (non-hydrogen) atoms. The van der Waals surface area contributed by atoms with Gasteiger partial charge in [0, 0.05) is 0 Å². The fraction of sp³-hybridized carbons (Fsp3) is 0.357. The summed E-state index contributed by atoms with van der Waals surface area (Å²) in [5.41, 5.74) is 0.721. The Morgan fingerprint density at radius 3 is 2.78 bits per heavy atom. The average Bonchev–Trinajstić information content (AvgIpc) is 2.37. The van der Waals surface area contributed by atoms with E-state index in [1.807, 2.05) is 0 Å². The van der Waals surface area contributed by atoms with Crippen molar-refractivity contribution in [2.45, 2.75) is 19.8 Å². The highest BCUT2D eigenvalue weighted by Crippen LogP contribution is 2.28. The van der Waals surface area contributed by atoms with Crippen LogP contribution < -0.4 is 14.6 Å². The number of benzene rings is 1. The summed E-state index contributed by atoms with van der Waals surface area (Å²) in [6.07, 6.45) is 4.48. The molecule has 4 nitrogen and oxygen atoms in total. The quantitative estimate of drug-likeness (QED) is 0.544. The lowest BCUT2D eigenvalue weighted by atomic mass is 10.2. The van der Waals surface area contributed by atoms with Crippen molar-refractivity contribution in [1.29, 1.82) is 0 Å². The van der Waals surface area contributed by atoms with Crippen molar-refractivity contribution in [3.8, 4) is 11.5 Å². The monoisotopic (exact) mass is 249 g/mol. The Balaban J connectivity index is 2.79. The molecule has 0 spiro atoms. The SMILES string of the molecule is CCCCOc1ccc(/C=C/C(=O)[O-])cc1OC. The van der Waals surface area contributed by atoms with E-state index < -0.39 is 5.97 Å². The Morgan fingerprint density at radius 2 is 2.17 bits per heavy atom. The molecule has 0 fully saturated rings. The van der Waals surface area contributed by atoms with Gasteiger partial charge in [-0.25, -0.2) is 0 Å². The van der Waals surface area contributed by atoms with Gasteiger partial charge in [-0.1, -0.05) is 25.5 Å². The maximum absolute atomic E-state index is 10.3. The van der Waals surface area contributed by atoms with Crippen LogP contribution in [0.15, 0.2) is 24.3 Å². The van der Waals surface area contributed by atoms with Gasteiger partial charge in [0.05, 0.1) is 19.7 Å². The molecule has 1 rings (SSSR count). The fourth-order valence-electron chi connectivity index (χ4n) is 1.40. The second-order valence-corrected chi connectivity index (χ2v) is 3.76. The number of rotatable bonds is 7. The van der Waals surface area contributed by atoms with Crippen molar-refractivity contribution in [2.24, 2.45) is 0 Å². The Hall–Kier alpha value is -1.97. The summed E-state index contributed by atoms with van der Waals surface area (Å²) in [4.78, 5) is 10.3. The number of unbranched alkanes of at least 4 members (excludes halogenated alkanes) is 1. The fourth-order valence-corrected chi connectivity index (χ4v) is 1.40. The second kappa shape index (κ2) is 7.37. The van der Waals surface area contributed by atoms with Crippen LogP contribution in [0.4, 0.5) is 0 Å². The van der Waals surface area contributed by atoms with Gasteiger partial charge in [0.25, 0.3) is 0 Å². The molecule has 0 radical (unpaired) electrons. The molecule has 0 saturated carbocycles. The summed E-state index contributed by atoms with van der Waals surface area (Å²) >= 11 is 0. The Labute approximate surface area is 107 Å². The Morgan fingerprint density at radius 1 is 1.39 bits per heavy atom. The zero-order valence-corrected chi connectivity index (χ0v) is 10.6. The van der Waals surface area contributed by atoms with E-state index in [0.29, 0.717) is 18.1 Å². The van der Waals surface area contributed by atoms with Crippen molar-refractivity contribution >= 4 is 12.0 Å². The van der Waals surface area contributed by atoms with Gasteiger partial charge in [0.1, 0.15) is 0 Å². The average molecular weight is 249 g/mol. The molecule has 98 valence electrons. The summed E-state index contributed by atoms with van der Waals surface area (Å²) in [5.74, 6) is 0.0281. The lowest BCUT2D eigenvalue weighted by molar-refractivity contribution is -0.297. The number of hydrogen-bond acceptors (Lipinski definition) is 4. The molecule has 0 saturated heterocycles. The van der Waals surface area contributed by atoms with E-state index >= 15 is 0 Å². The van der Waals surface area contributed by atoms with Gasteiger partial charge in [-0.3, -0.25) is 0 Å². The van der Waals surface area contributed by atoms with Crippen LogP contribution in [0.1, 0.15) is 25.3 Å². The molecule has 0 amide bonds. The number of carbonyl (C=O) groups is 1. The molecule has 1 aromatic carbocycles. The molecule has 0 N–H and O–H groups in total. The normalized spacial score (nSPS) is 10.6. The maximum Gasteiger partial charge on any atom is 0.161 e. The van der Waals surface area contributed by atoms with E-state index in [-0.39, 0.29) is 0 Å². The summed E-state index contributed by atoms with van der Waals surface area (Å²) in [7, 11) is 1.55. The standard InChI is InChI=1S/C14H18O4/c1-3-4-9-18-12-7-5-11(6-8-14(15)16)10-13(12)17-2/h5-8,10H,3-4,9H2,1-2H3,(H,15,16)/p-1/b8-6+. The smallest absolute Gasteiger partial charge is 0.161 e. The van der Waals surface area contributed by atoms with Crippen LogP contribution in [0.3, 0.4) is 0 Å². The minimum absolute atomic E-state index is 0.589. The first kappa shape index (κ1) is 14.1. The molecule has 0 atom stereocenters. The van der Waals surface area contributed by atoms with Gasteiger partial charge in [-0.2, -0.15) is 0 Å². The number of carbonyl (C=O) groups excluding carboxylic acids is 1. The first-order valence-corrected chi connectivity index (χ1v) is 5.87. The van der Waals surface area contributed by atoms with E-state index in [0.717, 1.165) is 24.5 Å². The third kappa shape index (κ3) is 4.49. The second-order valence-electron chi connectivity index (χ2n) is 3.76. The highest BCUT2D eigenvalue weighted by molar-refractivity contribution is 5.83. The van der Waals surface area contributed by atoms with E-state index in [9.17, 15) is 9.90 Å². The zero-order chi connectivity index (χ0) is 13.4. The van der Waals surface area contributed by atoms with Crippen molar-refractivity contribution in [3.05, 3.63) is 29.8 Å². The van der Waals surface area contributed by atoms with Crippen molar-refractivity contribution in [3.63, 3.8) is 0 Å². The molecule has 0 unspecified atom stereocenters. The highest BCUT2D eigenvalue weighted by Gasteiger charge is 2.04. The number of methoxy groups -OCH3 is 1. The van der Waals surface area contributed by atoms with Crippen molar-refractivity contribution in [2.75, 3.05) is 13.7 Å². The van der Waals surface area contributed by atoms with Gasteiger partial charge < -0.3 is 19.4 Å². The van der Waals surface area contributed by atoms with E-state index in [1.165, 1.54) is 6.08 Å². The van der Waals surface area contributed by atoms with Crippen LogP contribution >= 0.6 is 0 Å². The number of carboxylic acids is 1. The van der Waals surface area contributed by atoms with Crippen molar-refractivity contribution in [1.82, 2.24) is 0 Å². The Kier molecular flexibility index (Phi) is 5.77. The van der Waals surface area contributed by atoms with Crippen LogP contribution in [0.25, 0.3) is 6.08 Å². The number of hydrogen-bond donors (Lipinski definition) is 0. The topological polar surface area (TPSA) is 58.6 Å². The molecular weight excluding hydrogens is 232 g/mol. The van der Waals surface area contributed by atoms with Crippen LogP contribution in [-0.4, -0.2) is 19.7 Å². The van der Waals surface area contributed by atoms with E-state index in [4.69, 9.17) is 9.47 Å². The van der Waals surface area contributed by atoms with Crippen LogP contribution in [0.5, 0.6) is 11.5 Å². The molecule has 4 heteroatoms. The third-order valence-electron chi connectivity index (χ3n) is 2.36. The number of carboxylic acid groups (broad SMARTS) is 1. The van der Waals surface area contributed by atoms with Gasteiger partial charge >= 0.3 is 0 Å². The molecular formula is C14H17O4-. The summed E-state index contributed by atoms with van der Waals surface area (Å²) in [5, 5.41) is 10.3. The van der Waals surface area contributed by atoms with Crippen molar-refractivity contribution < 1.29 is 19.4 Å². The van der Waals surface area contributed by atoms with Crippen LogP contribution in [0.2, 0.25) is 0 Å². The van der Waals surface area contributed by atoms with Gasteiger partial charge in [0.15, 0.2) is 11.5 Å². The first-order chi connectivity index (χ1) is 8.67. The molecule has 0 aliphatic heterocycles. The lowest BCUT2D eigenvalue weighted by Gasteiger charge is -2.10. The Bertz CT molecular complexity index is 424.